The monoisotopic (exact) mass is 368 g/mol. The molecule has 1 rings (SSSR count). The second-order valence-electron chi connectivity index (χ2n) is 6.87. The zero-order chi connectivity index (χ0) is 18.5. The summed E-state index contributed by atoms with van der Waals surface area (Å²) in [6.07, 6.45) is 10.4. The molecule has 0 saturated heterocycles. The summed E-state index contributed by atoms with van der Waals surface area (Å²) in [4.78, 5) is 12.0. The van der Waals surface area contributed by atoms with Crippen molar-refractivity contribution >= 4 is 17.6 Å². The second kappa shape index (κ2) is 13.2. The molecule has 0 N–H and O–H groups in total. The summed E-state index contributed by atoms with van der Waals surface area (Å²) in [5, 5.41) is 1.92. The lowest BCUT2D eigenvalue weighted by molar-refractivity contribution is 0.112. The van der Waals surface area contributed by atoms with Crippen LogP contribution in [0.4, 0.5) is 0 Å². The highest BCUT2D eigenvalue weighted by Gasteiger charge is 2.18. The van der Waals surface area contributed by atoms with Crippen LogP contribution < -0.4 is 9.47 Å². The van der Waals surface area contributed by atoms with Gasteiger partial charge in [0, 0.05) is 5.38 Å². The van der Waals surface area contributed by atoms with Crippen molar-refractivity contribution < 1.29 is 14.3 Å². The van der Waals surface area contributed by atoms with Crippen molar-refractivity contribution in [3.63, 3.8) is 0 Å². The van der Waals surface area contributed by atoms with Gasteiger partial charge in [-0.1, -0.05) is 66.2 Å². The van der Waals surface area contributed by atoms with E-state index in [0.717, 1.165) is 24.9 Å². The quantitative estimate of drug-likeness (QED) is 0.321. The Hall–Kier alpha value is -1.03. The minimum atomic E-state index is 0.542. The van der Waals surface area contributed by atoms with Crippen LogP contribution in [0.5, 0.6) is 11.5 Å². The van der Waals surface area contributed by atoms with E-state index in [1.54, 1.807) is 0 Å². The lowest BCUT2D eigenvalue weighted by Crippen LogP contribution is -2.14. The number of unbranched alkanes of at least 4 members (excludes halogenated alkanes) is 2. The van der Waals surface area contributed by atoms with Crippen molar-refractivity contribution in [2.75, 3.05) is 13.2 Å². The lowest BCUT2D eigenvalue weighted by atomic mass is 10.0. The zero-order valence-electron chi connectivity index (χ0n) is 16.5. The summed E-state index contributed by atoms with van der Waals surface area (Å²) in [6.45, 7) is 10.2. The van der Waals surface area contributed by atoms with E-state index in [2.05, 4.69) is 27.7 Å². The molecule has 0 radical (unpaired) electrons. The third-order valence-corrected chi connectivity index (χ3v) is 5.74. The van der Waals surface area contributed by atoms with Crippen molar-refractivity contribution in [3.8, 4) is 11.5 Å². The van der Waals surface area contributed by atoms with E-state index >= 15 is 0 Å². The molecule has 2 atom stereocenters. The molecule has 0 fully saturated rings. The van der Waals surface area contributed by atoms with Gasteiger partial charge in [-0.2, -0.15) is 0 Å². The molecule has 0 bridgehead atoms. The summed E-state index contributed by atoms with van der Waals surface area (Å²) >= 11 is 1.41. The van der Waals surface area contributed by atoms with Crippen molar-refractivity contribution in [2.24, 2.45) is 11.8 Å². The molecule has 1 aromatic heterocycles. The van der Waals surface area contributed by atoms with Crippen LogP contribution in [0, 0.1) is 11.8 Å². The smallest absolute Gasteiger partial charge is 0.182 e. The van der Waals surface area contributed by atoms with Gasteiger partial charge in [-0.25, -0.2) is 0 Å². The molecular weight excluding hydrogens is 332 g/mol. The number of thiophene rings is 1. The number of carbonyl (C=O) groups is 1. The van der Waals surface area contributed by atoms with Crippen LogP contribution in [0.15, 0.2) is 5.38 Å². The Morgan fingerprint density at radius 1 is 0.960 bits per heavy atom. The van der Waals surface area contributed by atoms with Crippen LogP contribution in [0.2, 0.25) is 0 Å². The first kappa shape index (κ1) is 22.0. The number of carbonyl (C=O) groups excluding carboxylic acids is 1. The van der Waals surface area contributed by atoms with Crippen molar-refractivity contribution in [1.82, 2.24) is 0 Å². The number of rotatable bonds is 15. The molecule has 1 aromatic rings. The van der Waals surface area contributed by atoms with Crippen molar-refractivity contribution in [1.29, 1.82) is 0 Å². The van der Waals surface area contributed by atoms with E-state index < -0.39 is 0 Å². The summed E-state index contributed by atoms with van der Waals surface area (Å²) in [6, 6.07) is 0. The first-order chi connectivity index (χ1) is 12.2. The molecule has 25 heavy (non-hydrogen) atoms. The molecule has 0 amide bonds. The topological polar surface area (TPSA) is 35.5 Å². The van der Waals surface area contributed by atoms with Crippen LogP contribution in [-0.2, 0) is 0 Å². The predicted octanol–water partition coefficient (Wildman–Crippen LogP) is 6.75. The Balaban J connectivity index is 2.65. The molecule has 0 aliphatic heterocycles. The van der Waals surface area contributed by atoms with Gasteiger partial charge in [0.25, 0.3) is 0 Å². The van der Waals surface area contributed by atoms with Crippen LogP contribution in [-0.4, -0.2) is 19.5 Å². The summed E-state index contributed by atoms with van der Waals surface area (Å²) in [7, 11) is 0. The number of aldehydes is 1. The van der Waals surface area contributed by atoms with Gasteiger partial charge in [-0.05, 0) is 24.7 Å². The minimum Gasteiger partial charge on any atom is -0.488 e. The molecule has 144 valence electrons. The average Bonchev–Trinajstić information content (AvgIpc) is 3.04. The molecule has 1 heterocycles. The Morgan fingerprint density at radius 2 is 1.52 bits per heavy atom. The summed E-state index contributed by atoms with van der Waals surface area (Å²) in [5.41, 5.74) is 0. The summed E-state index contributed by atoms with van der Waals surface area (Å²) < 4.78 is 12.1. The van der Waals surface area contributed by atoms with Gasteiger partial charge in [-0.3, -0.25) is 4.79 Å². The van der Waals surface area contributed by atoms with E-state index in [1.165, 1.54) is 49.9 Å². The maximum absolute atomic E-state index is 11.3. The standard InChI is InChI=1S/C21H36O3S/c1-5-9-11-17(7-3)14-23-19-16-25-20(13-22)21(19)24-15-18(8-4)12-10-6-2/h13,16-18H,5-12,14-15H2,1-4H3. The van der Waals surface area contributed by atoms with Gasteiger partial charge in [0.2, 0.25) is 0 Å². The van der Waals surface area contributed by atoms with E-state index in [0.29, 0.717) is 35.7 Å². The molecule has 0 spiro atoms. The normalized spacial score (nSPS) is 13.4. The van der Waals surface area contributed by atoms with Crippen LogP contribution in [0.25, 0.3) is 0 Å². The van der Waals surface area contributed by atoms with Crippen molar-refractivity contribution in [2.45, 2.75) is 79.1 Å². The van der Waals surface area contributed by atoms with Crippen molar-refractivity contribution in [3.05, 3.63) is 10.3 Å². The van der Waals surface area contributed by atoms with Crippen LogP contribution in [0.3, 0.4) is 0 Å². The Bertz CT molecular complexity index is 470. The number of hydrogen-bond acceptors (Lipinski definition) is 4. The van der Waals surface area contributed by atoms with Gasteiger partial charge < -0.3 is 9.47 Å². The highest BCUT2D eigenvalue weighted by atomic mass is 32.1. The molecule has 0 saturated carbocycles. The van der Waals surface area contributed by atoms with E-state index in [9.17, 15) is 4.79 Å². The SMILES string of the molecule is CCCCC(CC)COc1csc(C=O)c1OCC(CC)CCCC. The minimum absolute atomic E-state index is 0.542. The molecular formula is C21H36O3S. The van der Waals surface area contributed by atoms with Gasteiger partial charge in [0.1, 0.15) is 4.88 Å². The maximum Gasteiger partial charge on any atom is 0.182 e. The predicted molar refractivity (Wildman–Crippen MR) is 107 cm³/mol. The first-order valence-electron chi connectivity index (χ1n) is 10.0. The molecule has 3 nitrogen and oxygen atoms in total. The fourth-order valence-electron chi connectivity index (χ4n) is 2.87. The third-order valence-electron chi connectivity index (χ3n) is 4.87. The van der Waals surface area contributed by atoms with Crippen LogP contribution >= 0.6 is 11.3 Å². The van der Waals surface area contributed by atoms with Crippen LogP contribution in [0.1, 0.15) is 88.7 Å². The molecule has 0 aliphatic carbocycles. The number of ether oxygens (including phenoxy) is 2. The fraction of sp³-hybridized carbons (Fsp3) is 0.762. The van der Waals surface area contributed by atoms with Gasteiger partial charge in [0.05, 0.1) is 13.2 Å². The molecule has 2 unspecified atom stereocenters. The third kappa shape index (κ3) is 7.81. The molecule has 0 aromatic carbocycles. The van der Waals surface area contributed by atoms with E-state index in [-0.39, 0.29) is 0 Å². The highest BCUT2D eigenvalue weighted by molar-refractivity contribution is 7.12. The second-order valence-corrected chi connectivity index (χ2v) is 7.78. The average molecular weight is 369 g/mol. The Labute approximate surface area is 158 Å². The Kier molecular flexibility index (Phi) is 11.6. The summed E-state index contributed by atoms with van der Waals surface area (Å²) in [5.74, 6) is 2.51. The highest BCUT2D eigenvalue weighted by Crippen LogP contribution is 2.37. The Morgan fingerprint density at radius 3 is 2.00 bits per heavy atom. The maximum atomic E-state index is 11.3. The zero-order valence-corrected chi connectivity index (χ0v) is 17.3. The lowest BCUT2D eigenvalue weighted by Gasteiger charge is -2.18. The molecule has 4 heteroatoms. The largest absolute Gasteiger partial charge is 0.488 e. The van der Waals surface area contributed by atoms with Gasteiger partial charge in [0.15, 0.2) is 17.8 Å². The molecule has 0 aliphatic rings. The van der Waals surface area contributed by atoms with E-state index in [4.69, 9.17) is 9.47 Å². The van der Waals surface area contributed by atoms with Gasteiger partial charge in [-0.15, -0.1) is 11.3 Å². The first-order valence-corrected chi connectivity index (χ1v) is 10.9. The van der Waals surface area contributed by atoms with E-state index in [1.807, 2.05) is 5.38 Å². The number of hydrogen-bond donors (Lipinski definition) is 0. The fourth-order valence-corrected chi connectivity index (χ4v) is 3.60. The van der Waals surface area contributed by atoms with Gasteiger partial charge >= 0.3 is 0 Å².